The predicted molar refractivity (Wildman–Crippen MR) is 63.1 cm³/mol. The first kappa shape index (κ1) is 15.3. The summed E-state index contributed by atoms with van der Waals surface area (Å²) in [6.45, 7) is 5.84. The van der Waals surface area contributed by atoms with Gasteiger partial charge in [-0.3, -0.25) is 4.79 Å². The molecule has 16 heavy (non-hydrogen) atoms. The van der Waals surface area contributed by atoms with E-state index in [9.17, 15) is 9.90 Å². The highest BCUT2D eigenvalue weighted by Crippen LogP contribution is 1.99. The lowest BCUT2D eigenvalue weighted by Crippen LogP contribution is -2.49. The van der Waals surface area contributed by atoms with Crippen LogP contribution in [0.25, 0.3) is 0 Å². The Morgan fingerprint density at radius 2 is 2.12 bits per heavy atom. The molecule has 0 aliphatic rings. The summed E-state index contributed by atoms with van der Waals surface area (Å²) in [4.78, 5) is 11.5. The van der Waals surface area contributed by atoms with Gasteiger partial charge in [0.2, 0.25) is 5.91 Å². The third-order valence-electron chi connectivity index (χ3n) is 2.35. The summed E-state index contributed by atoms with van der Waals surface area (Å²) < 4.78 is 0. The highest BCUT2D eigenvalue weighted by molar-refractivity contribution is 5.81. The smallest absolute Gasteiger partial charge is 0.236 e. The van der Waals surface area contributed by atoms with Crippen LogP contribution < -0.4 is 10.6 Å². The van der Waals surface area contributed by atoms with E-state index in [4.69, 9.17) is 5.11 Å². The van der Waals surface area contributed by atoms with E-state index in [2.05, 4.69) is 17.6 Å². The molecule has 2 atom stereocenters. The fourth-order valence-electron chi connectivity index (χ4n) is 1.06. The number of carbonyl (C=O) groups excluding carboxylic acids is 1. The molecule has 0 aliphatic heterocycles. The van der Waals surface area contributed by atoms with Gasteiger partial charge in [0.15, 0.2) is 0 Å². The van der Waals surface area contributed by atoms with E-state index in [1.807, 2.05) is 0 Å². The van der Waals surface area contributed by atoms with Crippen LogP contribution in [0.15, 0.2) is 0 Å². The maximum absolute atomic E-state index is 11.5. The molecule has 0 bridgehead atoms. The Kier molecular flexibility index (Phi) is 7.29. The van der Waals surface area contributed by atoms with Crippen LogP contribution >= 0.6 is 0 Å². The molecule has 0 aromatic rings. The van der Waals surface area contributed by atoms with Gasteiger partial charge in [0.25, 0.3) is 0 Å². The fourth-order valence-corrected chi connectivity index (χ4v) is 1.06. The first-order valence-corrected chi connectivity index (χ1v) is 5.77. The van der Waals surface area contributed by atoms with Crippen LogP contribution in [0.1, 0.15) is 33.6 Å². The number of nitrogens with one attached hydrogen (secondary N) is 2. The van der Waals surface area contributed by atoms with Crippen molar-refractivity contribution in [2.75, 3.05) is 19.7 Å². The van der Waals surface area contributed by atoms with Gasteiger partial charge in [0, 0.05) is 13.1 Å². The van der Waals surface area contributed by atoms with E-state index in [-0.39, 0.29) is 25.1 Å². The van der Waals surface area contributed by atoms with E-state index in [0.717, 1.165) is 12.8 Å². The van der Waals surface area contributed by atoms with Crippen molar-refractivity contribution in [3.8, 4) is 0 Å². The molecule has 5 heteroatoms. The summed E-state index contributed by atoms with van der Waals surface area (Å²) >= 11 is 0. The molecule has 0 radical (unpaired) electrons. The first-order chi connectivity index (χ1) is 7.43. The van der Waals surface area contributed by atoms with Gasteiger partial charge in [-0.15, -0.1) is 0 Å². The third kappa shape index (κ3) is 6.76. The molecule has 0 heterocycles. The first-order valence-electron chi connectivity index (χ1n) is 5.77. The van der Waals surface area contributed by atoms with E-state index < -0.39 is 5.60 Å². The molecule has 0 fully saturated rings. The van der Waals surface area contributed by atoms with Crippen molar-refractivity contribution in [2.45, 2.75) is 45.3 Å². The van der Waals surface area contributed by atoms with Crippen LogP contribution in [-0.4, -0.2) is 47.5 Å². The maximum atomic E-state index is 11.5. The Morgan fingerprint density at radius 3 is 2.62 bits per heavy atom. The molecular weight excluding hydrogens is 208 g/mol. The quantitative estimate of drug-likeness (QED) is 0.430. The van der Waals surface area contributed by atoms with Crippen LogP contribution in [0.5, 0.6) is 0 Å². The SMILES string of the molecule is CCCCNC(=O)C(C)NCC(C)(O)CO. The summed E-state index contributed by atoms with van der Waals surface area (Å²) in [6, 6.07) is -0.366. The van der Waals surface area contributed by atoms with Crippen LogP contribution in [0.2, 0.25) is 0 Å². The number of carbonyl (C=O) groups is 1. The minimum atomic E-state index is -1.18. The number of hydrogen-bond donors (Lipinski definition) is 4. The average molecular weight is 232 g/mol. The van der Waals surface area contributed by atoms with Crippen LogP contribution in [0.4, 0.5) is 0 Å². The summed E-state index contributed by atoms with van der Waals surface area (Å²) in [5.74, 6) is -0.0813. The van der Waals surface area contributed by atoms with Gasteiger partial charge in [-0.2, -0.15) is 0 Å². The second kappa shape index (κ2) is 7.60. The molecule has 96 valence electrons. The topological polar surface area (TPSA) is 81.6 Å². The summed E-state index contributed by atoms with van der Waals surface area (Å²) in [5.41, 5.74) is -1.18. The lowest BCUT2D eigenvalue weighted by atomic mass is 10.1. The van der Waals surface area contributed by atoms with E-state index in [1.54, 1.807) is 6.92 Å². The predicted octanol–water partition coefficient (Wildman–Crippen LogP) is -0.376. The van der Waals surface area contributed by atoms with Gasteiger partial charge in [-0.25, -0.2) is 0 Å². The lowest BCUT2D eigenvalue weighted by Gasteiger charge is -2.23. The van der Waals surface area contributed by atoms with Crippen LogP contribution in [-0.2, 0) is 4.79 Å². The maximum Gasteiger partial charge on any atom is 0.236 e. The van der Waals surface area contributed by atoms with E-state index >= 15 is 0 Å². The second-order valence-electron chi connectivity index (χ2n) is 4.40. The van der Waals surface area contributed by atoms with E-state index in [0.29, 0.717) is 6.54 Å². The molecule has 4 N–H and O–H groups in total. The standard InChI is InChI=1S/C11H24N2O3/c1-4-5-6-12-10(15)9(2)13-7-11(3,16)8-14/h9,13-14,16H,4-8H2,1-3H3,(H,12,15). The molecule has 0 spiro atoms. The van der Waals surface area contributed by atoms with Gasteiger partial charge < -0.3 is 20.8 Å². The van der Waals surface area contributed by atoms with Crippen molar-refractivity contribution in [1.29, 1.82) is 0 Å². The number of hydrogen-bond acceptors (Lipinski definition) is 4. The molecule has 0 rings (SSSR count). The summed E-state index contributed by atoms with van der Waals surface area (Å²) in [6.07, 6.45) is 2.01. The molecular formula is C11H24N2O3. The van der Waals surface area contributed by atoms with Crippen molar-refractivity contribution in [2.24, 2.45) is 0 Å². The van der Waals surface area contributed by atoms with Crippen molar-refractivity contribution in [3.05, 3.63) is 0 Å². The Hall–Kier alpha value is -0.650. The Labute approximate surface area is 97.2 Å². The monoisotopic (exact) mass is 232 g/mol. The van der Waals surface area contributed by atoms with Gasteiger partial charge in [0.1, 0.15) is 0 Å². The molecule has 0 aromatic carbocycles. The van der Waals surface area contributed by atoms with Crippen LogP contribution in [0, 0.1) is 0 Å². The zero-order valence-corrected chi connectivity index (χ0v) is 10.4. The average Bonchev–Trinajstić information content (AvgIpc) is 2.26. The number of unbranched alkanes of at least 4 members (excludes halogenated alkanes) is 1. The van der Waals surface area contributed by atoms with Crippen molar-refractivity contribution in [1.82, 2.24) is 10.6 Å². The minimum Gasteiger partial charge on any atom is -0.393 e. The van der Waals surface area contributed by atoms with E-state index in [1.165, 1.54) is 6.92 Å². The third-order valence-corrected chi connectivity index (χ3v) is 2.35. The molecule has 1 amide bonds. The number of aliphatic hydroxyl groups excluding tert-OH is 1. The van der Waals surface area contributed by atoms with Crippen molar-refractivity contribution in [3.63, 3.8) is 0 Å². The zero-order chi connectivity index (χ0) is 12.6. The van der Waals surface area contributed by atoms with Crippen molar-refractivity contribution < 1.29 is 15.0 Å². The number of amides is 1. The molecule has 0 saturated carbocycles. The molecule has 0 aliphatic carbocycles. The van der Waals surface area contributed by atoms with Crippen LogP contribution in [0.3, 0.4) is 0 Å². The largest absolute Gasteiger partial charge is 0.393 e. The Balaban J connectivity index is 3.79. The number of rotatable bonds is 8. The Bertz CT molecular complexity index is 207. The van der Waals surface area contributed by atoms with Gasteiger partial charge in [-0.05, 0) is 20.3 Å². The normalized spacial score (nSPS) is 16.6. The highest BCUT2D eigenvalue weighted by atomic mass is 16.3. The second-order valence-corrected chi connectivity index (χ2v) is 4.40. The highest BCUT2D eigenvalue weighted by Gasteiger charge is 2.21. The summed E-state index contributed by atoms with van der Waals surface area (Å²) in [7, 11) is 0. The molecule has 5 nitrogen and oxygen atoms in total. The molecule has 0 aromatic heterocycles. The molecule has 0 saturated heterocycles. The minimum absolute atomic E-state index is 0.0813. The van der Waals surface area contributed by atoms with Gasteiger partial charge in [-0.1, -0.05) is 13.3 Å². The number of aliphatic hydroxyl groups is 2. The lowest BCUT2D eigenvalue weighted by molar-refractivity contribution is -0.123. The van der Waals surface area contributed by atoms with Gasteiger partial charge in [0.05, 0.1) is 18.2 Å². The Morgan fingerprint density at radius 1 is 1.50 bits per heavy atom. The zero-order valence-electron chi connectivity index (χ0n) is 10.4. The van der Waals surface area contributed by atoms with Gasteiger partial charge >= 0.3 is 0 Å². The van der Waals surface area contributed by atoms with Crippen molar-refractivity contribution >= 4 is 5.91 Å². The fraction of sp³-hybridized carbons (Fsp3) is 0.909. The molecule has 2 unspecified atom stereocenters. The summed E-state index contributed by atoms with van der Waals surface area (Å²) in [5, 5.41) is 24.0.